The molecule has 1 amide bonds. The molecule has 0 aromatic heterocycles. The largest absolute Gasteiger partial charge is 0.491 e. The van der Waals surface area contributed by atoms with E-state index < -0.39 is 30.1 Å². The molecule has 1 saturated heterocycles. The first-order valence-corrected chi connectivity index (χ1v) is 13.9. The summed E-state index contributed by atoms with van der Waals surface area (Å²) in [6.45, 7) is 5.31. The molecule has 0 radical (unpaired) electrons. The molecule has 1 fully saturated rings. The lowest BCUT2D eigenvalue weighted by Gasteiger charge is -2.25. The molecule has 3 aromatic carbocycles. The number of hydrogen-bond donors (Lipinski definition) is 2. The number of carbonyl (C=O) groups is 3. The fourth-order valence-corrected chi connectivity index (χ4v) is 4.69. The van der Waals surface area contributed by atoms with Crippen LogP contribution in [0.2, 0.25) is 0 Å². The molecule has 0 aliphatic carbocycles. The lowest BCUT2D eigenvalue weighted by molar-refractivity contribution is -0.174. The van der Waals surface area contributed by atoms with Gasteiger partial charge >= 0.3 is 11.9 Å². The van der Waals surface area contributed by atoms with Gasteiger partial charge in [-0.15, -0.1) is 12.4 Å². The first kappa shape index (κ1) is 33.1. The monoisotopic (exact) mass is 607 g/mol. The minimum absolute atomic E-state index is 0. The predicted molar refractivity (Wildman–Crippen MR) is 166 cm³/mol. The van der Waals surface area contributed by atoms with Crippen molar-refractivity contribution in [1.29, 1.82) is 5.41 Å². The van der Waals surface area contributed by atoms with E-state index in [-0.39, 0.29) is 43.2 Å². The fourth-order valence-electron chi connectivity index (χ4n) is 4.69. The van der Waals surface area contributed by atoms with Crippen LogP contribution in [-0.2, 0) is 30.4 Å². The number of esters is 2. The zero-order chi connectivity index (χ0) is 30.3. The molecule has 9 nitrogen and oxygen atoms in total. The molecule has 43 heavy (non-hydrogen) atoms. The van der Waals surface area contributed by atoms with Gasteiger partial charge in [0.1, 0.15) is 18.2 Å². The maximum absolute atomic E-state index is 13.4. The van der Waals surface area contributed by atoms with Crippen molar-refractivity contribution in [1.82, 2.24) is 4.90 Å². The van der Waals surface area contributed by atoms with Gasteiger partial charge in [0.15, 0.2) is 0 Å². The van der Waals surface area contributed by atoms with Crippen molar-refractivity contribution in [3.63, 3.8) is 0 Å². The van der Waals surface area contributed by atoms with Crippen LogP contribution in [0.3, 0.4) is 0 Å². The van der Waals surface area contributed by atoms with E-state index in [1.54, 1.807) is 25.7 Å². The number of hydrogen-bond acceptors (Lipinski definition) is 7. The van der Waals surface area contributed by atoms with E-state index >= 15 is 0 Å². The van der Waals surface area contributed by atoms with Crippen molar-refractivity contribution < 1.29 is 28.6 Å². The van der Waals surface area contributed by atoms with Gasteiger partial charge in [-0.25, -0.2) is 0 Å². The van der Waals surface area contributed by atoms with E-state index in [1.165, 1.54) is 0 Å². The molecule has 3 aromatic rings. The Kier molecular flexibility index (Phi) is 11.3. The van der Waals surface area contributed by atoms with Gasteiger partial charge < -0.3 is 24.8 Å². The van der Waals surface area contributed by atoms with Crippen molar-refractivity contribution in [2.45, 2.75) is 46.2 Å². The lowest BCUT2D eigenvalue weighted by atomic mass is 9.98. The third-order valence-corrected chi connectivity index (χ3v) is 7.09. The minimum atomic E-state index is -0.707. The number of halogens is 1. The molecule has 0 unspecified atom stereocenters. The Morgan fingerprint density at radius 2 is 1.53 bits per heavy atom. The summed E-state index contributed by atoms with van der Waals surface area (Å²) in [5, 5.41) is 7.55. The molecule has 0 saturated carbocycles. The zero-order valence-corrected chi connectivity index (χ0v) is 25.4. The van der Waals surface area contributed by atoms with Gasteiger partial charge in [0.25, 0.3) is 0 Å². The van der Waals surface area contributed by atoms with E-state index in [0.717, 1.165) is 16.7 Å². The smallest absolute Gasteiger partial charge is 0.314 e. The maximum Gasteiger partial charge on any atom is 0.314 e. The number of nitrogens with zero attached hydrogens (tertiary/aromatic N) is 1. The van der Waals surface area contributed by atoms with Crippen molar-refractivity contribution in [3.05, 3.63) is 90.0 Å². The van der Waals surface area contributed by atoms with Gasteiger partial charge in [0, 0.05) is 12.1 Å². The van der Waals surface area contributed by atoms with Crippen LogP contribution in [0, 0.1) is 16.7 Å². The molecular formula is C33H38ClN3O6. The Hall–Kier alpha value is -4.37. The van der Waals surface area contributed by atoms with Crippen LogP contribution in [-0.4, -0.2) is 48.0 Å². The molecule has 0 bridgehead atoms. The Bertz CT molecular complexity index is 1410. The van der Waals surface area contributed by atoms with Crippen LogP contribution >= 0.6 is 12.4 Å². The van der Waals surface area contributed by atoms with Gasteiger partial charge in [0.2, 0.25) is 12.7 Å². The summed E-state index contributed by atoms with van der Waals surface area (Å²) in [5.74, 6) is -1.08. The van der Waals surface area contributed by atoms with E-state index in [9.17, 15) is 14.4 Å². The second-order valence-corrected chi connectivity index (χ2v) is 11.4. The Morgan fingerprint density at radius 1 is 0.930 bits per heavy atom. The standard InChI is InChI=1S/C33H37N3O6.ClH/c1-33(2,3)32(39)42-21-41-29(37)18-26-17-27(36(31(26)38)19-22-7-5-4-6-8-22)20-40-28-15-13-24(14-16-28)23-9-11-25(12-10-23)30(34)35;/h4-16,26-27H,17-21H2,1-3H3,(H3,34,35);1H/t26-,27-;/m0./s1. The summed E-state index contributed by atoms with van der Waals surface area (Å²) >= 11 is 0. The SMILES string of the molecule is CC(C)(C)C(=O)OCOC(=O)C[C@@H]1C[C@@H](COc2ccc(-c3ccc(C(=N)N)cc3)cc2)N(Cc2ccccc2)C1=O.Cl. The summed E-state index contributed by atoms with van der Waals surface area (Å²) in [5.41, 5.74) is 8.47. The van der Waals surface area contributed by atoms with Crippen molar-refractivity contribution >= 4 is 36.1 Å². The van der Waals surface area contributed by atoms with Crippen LogP contribution in [0.15, 0.2) is 78.9 Å². The fraction of sp³-hybridized carbons (Fsp3) is 0.333. The van der Waals surface area contributed by atoms with Gasteiger partial charge in [0.05, 0.1) is 23.8 Å². The number of ether oxygens (including phenoxy) is 3. The average Bonchev–Trinajstić information content (AvgIpc) is 3.25. The van der Waals surface area contributed by atoms with E-state index in [0.29, 0.717) is 24.3 Å². The number of nitrogen functional groups attached to an aromatic ring is 1. The van der Waals surface area contributed by atoms with Crippen LogP contribution in [0.4, 0.5) is 0 Å². The molecule has 1 aliphatic rings. The zero-order valence-electron chi connectivity index (χ0n) is 24.6. The Labute approximate surface area is 258 Å². The van der Waals surface area contributed by atoms with Crippen LogP contribution < -0.4 is 10.5 Å². The second-order valence-electron chi connectivity index (χ2n) is 11.4. The number of benzene rings is 3. The highest BCUT2D eigenvalue weighted by molar-refractivity contribution is 5.95. The first-order chi connectivity index (χ1) is 20.0. The molecule has 1 aliphatic heterocycles. The third-order valence-electron chi connectivity index (χ3n) is 7.09. The number of rotatable bonds is 11. The molecule has 3 N–H and O–H groups in total. The molecular weight excluding hydrogens is 570 g/mol. The molecule has 4 rings (SSSR count). The summed E-state index contributed by atoms with van der Waals surface area (Å²) < 4.78 is 16.2. The van der Waals surface area contributed by atoms with Crippen molar-refractivity contribution in [2.24, 2.45) is 17.1 Å². The van der Waals surface area contributed by atoms with Crippen molar-refractivity contribution in [3.8, 4) is 16.9 Å². The summed E-state index contributed by atoms with van der Waals surface area (Å²) in [6, 6.07) is 24.5. The van der Waals surface area contributed by atoms with Crippen LogP contribution in [0.1, 0.15) is 44.7 Å². The quantitative estimate of drug-likeness (QED) is 0.130. The summed E-state index contributed by atoms with van der Waals surface area (Å²) in [6.07, 6.45) is 0.327. The highest BCUT2D eigenvalue weighted by atomic mass is 35.5. The molecule has 2 atom stereocenters. The Balaban J connectivity index is 0.00000506. The first-order valence-electron chi connectivity index (χ1n) is 13.9. The normalized spacial score (nSPS) is 16.3. The number of nitrogens with two attached hydrogens (primary N) is 1. The Morgan fingerprint density at radius 3 is 2.12 bits per heavy atom. The third kappa shape index (κ3) is 9.06. The summed E-state index contributed by atoms with van der Waals surface area (Å²) in [4.78, 5) is 39.6. The molecule has 0 spiro atoms. The van der Waals surface area contributed by atoms with Gasteiger partial charge in [-0.1, -0.05) is 66.7 Å². The molecule has 10 heteroatoms. The minimum Gasteiger partial charge on any atom is -0.491 e. The van der Waals surface area contributed by atoms with E-state index in [1.807, 2.05) is 78.9 Å². The molecule has 1 heterocycles. The van der Waals surface area contributed by atoms with Gasteiger partial charge in [-0.05, 0) is 56.0 Å². The van der Waals surface area contributed by atoms with Crippen LogP contribution in [0.5, 0.6) is 5.75 Å². The molecule has 228 valence electrons. The van der Waals surface area contributed by atoms with E-state index in [2.05, 4.69) is 0 Å². The highest BCUT2D eigenvalue weighted by Crippen LogP contribution is 2.31. The number of nitrogens with one attached hydrogen (secondary N) is 1. The highest BCUT2D eigenvalue weighted by Gasteiger charge is 2.41. The van der Waals surface area contributed by atoms with Gasteiger partial charge in [-0.2, -0.15) is 0 Å². The summed E-state index contributed by atoms with van der Waals surface area (Å²) in [7, 11) is 0. The number of amides is 1. The van der Waals surface area contributed by atoms with Crippen LogP contribution in [0.25, 0.3) is 11.1 Å². The predicted octanol–water partition coefficient (Wildman–Crippen LogP) is 5.34. The average molecular weight is 608 g/mol. The van der Waals surface area contributed by atoms with E-state index in [4.69, 9.17) is 25.4 Å². The second kappa shape index (κ2) is 14.7. The van der Waals surface area contributed by atoms with Gasteiger partial charge in [-0.3, -0.25) is 19.8 Å². The van der Waals surface area contributed by atoms with Crippen molar-refractivity contribution in [2.75, 3.05) is 13.4 Å². The maximum atomic E-state index is 13.4. The topological polar surface area (TPSA) is 132 Å². The number of carbonyl (C=O) groups excluding carboxylic acids is 3. The lowest BCUT2D eigenvalue weighted by Crippen LogP contribution is -2.37. The number of likely N-dealkylation sites (tertiary alicyclic amines) is 1. The number of amidine groups is 1.